The first-order chi connectivity index (χ1) is 8.08. The third kappa shape index (κ3) is 3.66. The second-order valence-electron chi connectivity index (χ2n) is 4.12. The number of benzene rings is 1. The molecule has 0 saturated heterocycles. The summed E-state index contributed by atoms with van der Waals surface area (Å²) in [6.45, 7) is 4.07. The number of amides is 1. The second-order valence-corrected chi connectivity index (χ2v) is 4.12. The molecule has 0 bridgehead atoms. The van der Waals surface area contributed by atoms with Crippen LogP contribution in [0.3, 0.4) is 0 Å². The Hall–Kier alpha value is -1.71. The predicted molar refractivity (Wildman–Crippen MR) is 69.2 cm³/mol. The lowest BCUT2D eigenvalue weighted by atomic mass is 10.1. The summed E-state index contributed by atoms with van der Waals surface area (Å²) in [5, 5.41) is 2.92. The first-order valence-corrected chi connectivity index (χ1v) is 5.82. The highest BCUT2D eigenvalue weighted by atomic mass is 16.5. The van der Waals surface area contributed by atoms with E-state index in [-0.39, 0.29) is 11.9 Å². The number of hydrogen-bond donors (Lipinski definition) is 2. The molecule has 0 aliphatic heterocycles. The lowest BCUT2D eigenvalue weighted by Gasteiger charge is -2.14. The van der Waals surface area contributed by atoms with Gasteiger partial charge in [-0.15, -0.1) is 0 Å². The number of anilines is 1. The fourth-order valence-electron chi connectivity index (χ4n) is 1.68. The maximum Gasteiger partial charge on any atom is 0.253 e. The van der Waals surface area contributed by atoms with Crippen molar-refractivity contribution in [1.82, 2.24) is 5.32 Å². The molecule has 1 rings (SSSR count). The van der Waals surface area contributed by atoms with Gasteiger partial charge in [-0.05, 0) is 25.5 Å². The number of nitrogens with one attached hydrogen (secondary N) is 1. The molecular weight excluding hydrogens is 216 g/mol. The normalized spacial score (nSPS) is 11.9. The van der Waals surface area contributed by atoms with Gasteiger partial charge in [0.25, 0.3) is 5.91 Å². The Morgan fingerprint density at radius 3 is 2.76 bits per heavy atom. The summed E-state index contributed by atoms with van der Waals surface area (Å²) in [6, 6.07) is 5.23. The Kier molecular flexibility index (Phi) is 4.82. The van der Waals surface area contributed by atoms with Gasteiger partial charge in [0.2, 0.25) is 0 Å². The molecule has 0 spiro atoms. The lowest BCUT2D eigenvalue weighted by molar-refractivity contribution is 0.0939. The van der Waals surface area contributed by atoms with Gasteiger partial charge in [-0.25, -0.2) is 0 Å². The molecule has 0 heterocycles. The van der Waals surface area contributed by atoms with Crippen molar-refractivity contribution in [3.05, 3.63) is 23.8 Å². The summed E-state index contributed by atoms with van der Waals surface area (Å²) >= 11 is 0. The van der Waals surface area contributed by atoms with Gasteiger partial charge in [-0.3, -0.25) is 4.79 Å². The third-order valence-electron chi connectivity index (χ3n) is 2.60. The molecular formula is C13H20N2O2. The van der Waals surface area contributed by atoms with Crippen molar-refractivity contribution >= 4 is 11.6 Å². The van der Waals surface area contributed by atoms with Crippen molar-refractivity contribution in [3.63, 3.8) is 0 Å². The van der Waals surface area contributed by atoms with Crippen molar-refractivity contribution in [2.24, 2.45) is 0 Å². The number of carbonyl (C=O) groups excluding carboxylic acids is 1. The summed E-state index contributed by atoms with van der Waals surface area (Å²) < 4.78 is 5.04. The number of nitrogens with two attached hydrogens (primary N) is 1. The van der Waals surface area contributed by atoms with E-state index in [1.807, 2.05) is 6.92 Å². The van der Waals surface area contributed by atoms with Crippen LogP contribution in [0.1, 0.15) is 37.0 Å². The minimum absolute atomic E-state index is 0.133. The van der Waals surface area contributed by atoms with E-state index in [4.69, 9.17) is 10.5 Å². The minimum atomic E-state index is -0.133. The Labute approximate surface area is 102 Å². The molecule has 94 valence electrons. The van der Waals surface area contributed by atoms with Crippen LogP contribution < -0.4 is 15.8 Å². The van der Waals surface area contributed by atoms with Crippen molar-refractivity contribution in [3.8, 4) is 5.75 Å². The van der Waals surface area contributed by atoms with Crippen LogP contribution in [-0.4, -0.2) is 19.1 Å². The maximum absolute atomic E-state index is 11.9. The molecule has 0 aromatic heterocycles. The van der Waals surface area contributed by atoms with E-state index in [0.29, 0.717) is 17.0 Å². The molecule has 1 amide bonds. The van der Waals surface area contributed by atoms with E-state index in [2.05, 4.69) is 12.2 Å². The zero-order chi connectivity index (χ0) is 12.8. The van der Waals surface area contributed by atoms with Gasteiger partial charge in [-0.1, -0.05) is 13.3 Å². The first-order valence-electron chi connectivity index (χ1n) is 5.82. The highest BCUT2D eigenvalue weighted by Crippen LogP contribution is 2.19. The molecule has 17 heavy (non-hydrogen) atoms. The van der Waals surface area contributed by atoms with Gasteiger partial charge >= 0.3 is 0 Å². The van der Waals surface area contributed by atoms with Crippen LogP contribution in [0.25, 0.3) is 0 Å². The molecule has 4 nitrogen and oxygen atoms in total. The minimum Gasteiger partial charge on any atom is -0.497 e. The lowest BCUT2D eigenvalue weighted by Crippen LogP contribution is -2.32. The predicted octanol–water partition coefficient (Wildman–Crippen LogP) is 2.20. The molecule has 0 saturated carbocycles. The number of carbonyl (C=O) groups is 1. The number of methoxy groups -OCH3 is 1. The maximum atomic E-state index is 11.9. The quantitative estimate of drug-likeness (QED) is 0.770. The molecule has 1 aromatic carbocycles. The van der Waals surface area contributed by atoms with Crippen LogP contribution >= 0.6 is 0 Å². The number of rotatable bonds is 5. The molecule has 0 fully saturated rings. The van der Waals surface area contributed by atoms with E-state index in [9.17, 15) is 4.79 Å². The van der Waals surface area contributed by atoms with Gasteiger partial charge in [-0.2, -0.15) is 0 Å². The summed E-state index contributed by atoms with van der Waals surface area (Å²) in [7, 11) is 1.57. The molecule has 4 heteroatoms. The SMILES string of the molecule is CCCC(C)NC(=O)c1ccc(OC)cc1N. The highest BCUT2D eigenvalue weighted by molar-refractivity contribution is 5.99. The Morgan fingerprint density at radius 2 is 2.24 bits per heavy atom. The van der Waals surface area contributed by atoms with E-state index >= 15 is 0 Å². The number of ether oxygens (including phenoxy) is 1. The van der Waals surface area contributed by atoms with E-state index in [1.54, 1.807) is 25.3 Å². The van der Waals surface area contributed by atoms with E-state index in [1.165, 1.54) is 0 Å². The fourth-order valence-corrected chi connectivity index (χ4v) is 1.68. The van der Waals surface area contributed by atoms with Crippen LogP contribution in [0.15, 0.2) is 18.2 Å². The van der Waals surface area contributed by atoms with Crippen LogP contribution in [0, 0.1) is 0 Å². The number of nitrogen functional groups attached to an aromatic ring is 1. The summed E-state index contributed by atoms with van der Waals surface area (Å²) in [5.41, 5.74) is 6.74. The first kappa shape index (κ1) is 13.4. The van der Waals surface area contributed by atoms with Crippen LogP contribution in [0.5, 0.6) is 5.75 Å². The average Bonchev–Trinajstić information content (AvgIpc) is 2.28. The Bertz CT molecular complexity index is 391. The Balaban J connectivity index is 2.75. The van der Waals surface area contributed by atoms with Crippen LogP contribution in [0.4, 0.5) is 5.69 Å². The molecule has 1 unspecified atom stereocenters. The van der Waals surface area contributed by atoms with Crippen LogP contribution in [-0.2, 0) is 0 Å². The topological polar surface area (TPSA) is 64.3 Å². The number of hydrogen-bond acceptors (Lipinski definition) is 3. The molecule has 1 aromatic rings. The van der Waals surface area contributed by atoms with E-state index in [0.717, 1.165) is 12.8 Å². The zero-order valence-electron chi connectivity index (χ0n) is 10.6. The average molecular weight is 236 g/mol. The molecule has 0 aliphatic rings. The van der Waals surface area contributed by atoms with Gasteiger partial charge in [0.1, 0.15) is 5.75 Å². The zero-order valence-corrected chi connectivity index (χ0v) is 10.6. The smallest absolute Gasteiger partial charge is 0.253 e. The summed E-state index contributed by atoms with van der Waals surface area (Å²) in [6.07, 6.45) is 2.00. The summed E-state index contributed by atoms with van der Waals surface area (Å²) in [4.78, 5) is 11.9. The monoisotopic (exact) mass is 236 g/mol. The fraction of sp³-hybridized carbons (Fsp3) is 0.462. The van der Waals surface area contributed by atoms with Gasteiger partial charge < -0.3 is 15.8 Å². The standard InChI is InChI=1S/C13H20N2O2/c1-4-5-9(2)15-13(16)11-7-6-10(17-3)8-12(11)14/h6-9H,4-5,14H2,1-3H3,(H,15,16). The van der Waals surface area contributed by atoms with Crippen molar-refractivity contribution in [1.29, 1.82) is 0 Å². The second kappa shape index (κ2) is 6.13. The molecule has 3 N–H and O–H groups in total. The summed E-state index contributed by atoms with van der Waals surface area (Å²) in [5.74, 6) is 0.520. The van der Waals surface area contributed by atoms with Crippen LogP contribution in [0.2, 0.25) is 0 Å². The van der Waals surface area contributed by atoms with Crippen molar-refractivity contribution in [2.75, 3.05) is 12.8 Å². The largest absolute Gasteiger partial charge is 0.497 e. The van der Waals surface area contributed by atoms with Gasteiger partial charge in [0.05, 0.1) is 12.7 Å². The van der Waals surface area contributed by atoms with Gasteiger partial charge in [0.15, 0.2) is 0 Å². The van der Waals surface area contributed by atoms with Crippen molar-refractivity contribution < 1.29 is 9.53 Å². The van der Waals surface area contributed by atoms with Crippen molar-refractivity contribution in [2.45, 2.75) is 32.7 Å². The molecule has 1 atom stereocenters. The third-order valence-corrected chi connectivity index (χ3v) is 2.60. The molecule has 0 aliphatic carbocycles. The van der Waals surface area contributed by atoms with Gasteiger partial charge in [0, 0.05) is 17.8 Å². The highest BCUT2D eigenvalue weighted by Gasteiger charge is 2.12. The van der Waals surface area contributed by atoms with E-state index < -0.39 is 0 Å². The Morgan fingerprint density at radius 1 is 1.53 bits per heavy atom. The molecule has 0 radical (unpaired) electrons.